The Hall–Kier alpha value is -3.48. The highest BCUT2D eigenvalue weighted by Gasteiger charge is 2.17. The van der Waals surface area contributed by atoms with Gasteiger partial charge in [0, 0.05) is 18.3 Å². The molecule has 28 heavy (non-hydrogen) atoms. The average molecular weight is 377 g/mol. The second kappa shape index (κ2) is 7.64. The highest BCUT2D eigenvalue weighted by molar-refractivity contribution is 6.03. The Morgan fingerprint density at radius 3 is 2.29 bits per heavy atom. The number of anilines is 2. The second-order valence-electron chi connectivity index (χ2n) is 6.88. The molecule has 144 valence electrons. The van der Waals surface area contributed by atoms with Crippen molar-refractivity contribution >= 4 is 23.2 Å². The SMILES string of the molecule is CC(=O)Nc1ccc(NC(=O)c2nn(-c3ccc(C)cc3C)nc2C)cc1C. The maximum Gasteiger partial charge on any atom is 0.278 e. The van der Waals surface area contributed by atoms with Crippen LogP contribution in [0.1, 0.15) is 39.8 Å². The quantitative estimate of drug-likeness (QED) is 0.725. The van der Waals surface area contributed by atoms with E-state index >= 15 is 0 Å². The Morgan fingerprint density at radius 1 is 0.893 bits per heavy atom. The molecule has 2 amide bonds. The van der Waals surface area contributed by atoms with Gasteiger partial charge in [0.25, 0.3) is 5.91 Å². The lowest BCUT2D eigenvalue weighted by atomic mass is 10.1. The molecule has 0 saturated heterocycles. The first-order valence-corrected chi connectivity index (χ1v) is 8.96. The third-order valence-electron chi connectivity index (χ3n) is 4.36. The summed E-state index contributed by atoms with van der Waals surface area (Å²) < 4.78 is 0. The van der Waals surface area contributed by atoms with Gasteiger partial charge in [0.15, 0.2) is 5.69 Å². The molecular formula is C21H23N5O2. The molecule has 3 rings (SSSR count). The van der Waals surface area contributed by atoms with Gasteiger partial charge in [-0.15, -0.1) is 5.10 Å². The summed E-state index contributed by atoms with van der Waals surface area (Å²) in [5.74, 6) is -0.473. The third-order valence-corrected chi connectivity index (χ3v) is 4.36. The van der Waals surface area contributed by atoms with Gasteiger partial charge >= 0.3 is 0 Å². The van der Waals surface area contributed by atoms with E-state index in [1.54, 1.807) is 25.1 Å². The summed E-state index contributed by atoms with van der Waals surface area (Å²) in [5.41, 5.74) is 6.02. The van der Waals surface area contributed by atoms with Crippen molar-refractivity contribution in [3.05, 3.63) is 64.5 Å². The monoisotopic (exact) mass is 377 g/mol. The fourth-order valence-corrected chi connectivity index (χ4v) is 2.99. The Kier molecular flexibility index (Phi) is 5.26. The molecule has 0 aliphatic heterocycles. The molecule has 1 heterocycles. The van der Waals surface area contributed by atoms with E-state index in [4.69, 9.17) is 0 Å². The van der Waals surface area contributed by atoms with E-state index in [0.717, 1.165) is 22.4 Å². The molecule has 7 heteroatoms. The standard InChI is InChI=1S/C21H23N5O2/c1-12-6-9-19(14(3)10-12)26-24-15(4)20(25-26)21(28)23-17-7-8-18(13(2)11-17)22-16(5)27/h6-11H,1-5H3,(H,22,27)(H,23,28). The van der Waals surface area contributed by atoms with Crippen LogP contribution in [0.3, 0.4) is 0 Å². The van der Waals surface area contributed by atoms with Gasteiger partial charge in [0.1, 0.15) is 0 Å². The number of carbonyl (C=O) groups is 2. The summed E-state index contributed by atoms with van der Waals surface area (Å²) in [6.45, 7) is 9.09. The molecule has 0 saturated carbocycles. The predicted octanol–water partition coefficient (Wildman–Crippen LogP) is 3.71. The van der Waals surface area contributed by atoms with Crippen LogP contribution in [0.4, 0.5) is 11.4 Å². The van der Waals surface area contributed by atoms with Crippen molar-refractivity contribution in [2.75, 3.05) is 10.6 Å². The molecule has 7 nitrogen and oxygen atoms in total. The fourth-order valence-electron chi connectivity index (χ4n) is 2.99. The number of carbonyl (C=O) groups excluding carboxylic acids is 2. The molecule has 0 radical (unpaired) electrons. The number of nitrogens with one attached hydrogen (secondary N) is 2. The molecule has 2 N–H and O–H groups in total. The molecular weight excluding hydrogens is 354 g/mol. The van der Waals surface area contributed by atoms with Crippen LogP contribution in [0.5, 0.6) is 0 Å². The summed E-state index contributed by atoms with van der Waals surface area (Å²) >= 11 is 0. The number of nitrogens with zero attached hydrogens (tertiary/aromatic N) is 3. The average Bonchev–Trinajstić information content (AvgIpc) is 2.98. The lowest BCUT2D eigenvalue weighted by Crippen LogP contribution is -2.15. The Bertz CT molecular complexity index is 1070. The van der Waals surface area contributed by atoms with Crippen molar-refractivity contribution in [2.24, 2.45) is 0 Å². The lowest BCUT2D eigenvalue weighted by molar-refractivity contribution is -0.114. The molecule has 0 aliphatic rings. The summed E-state index contributed by atoms with van der Waals surface area (Å²) in [7, 11) is 0. The van der Waals surface area contributed by atoms with Crippen molar-refractivity contribution in [1.29, 1.82) is 0 Å². The highest BCUT2D eigenvalue weighted by atomic mass is 16.2. The Labute approximate surface area is 163 Å². The van der Waals surface area contributed by atoms with Crippen LogP contribution in [0, 0.1) is 27.7 Å². The highest BCUT2D eigenvalue weighted by Crippen LogP contribution is 2.21. The second-order valence-corrected chi connectivity index (χ2v) is 6.88. The number of benzene rings is 2. The normalized spacial score (nSPS) is 10.6. The van der Waals surface area contributed by atoms with Crippen molar-refractivity contribution in [1.82, 2.24) is 15.0 Å². The minimum absolute atomic E-state index is 0.140. The van der Waals surface area contributed by atoms with Gasteiger partial charge in [-0.2, -0.15) is 9.90 Å². The van der Waals surface area contributed by atoms with Crippen LogP contribution < -0.4 is 10.6 Å². The first-order valence-electron chi connectivity index (χ1n) is 8.96. The third kappa shape index (κ3) is 4.09. The zero-order valence-corrected chi connectivity index (χ0v) is 16.6. The Morgan fingerprint density at radius 2 is 1.64 bits per heavy atom. The van der Waals surface area contributed by atoms with Crippen molar-refractivity contribution in [2.45, 2.75) is 34.6 Å². The van der Waals surface area contributed by atoms with Crippen LogP contribution >= 0.6 is 0 Å². The lowest BCUT2D eigenvalue weighted by Gasteiger charge is -2.09. The minimum atomic E-state index is -0.333. The number of amides is 2. The van der Waals surface area contributed by atoms with E-state index in [-0.39, 0.29) is 17.5 Å². The summed E-state index contributed by atoms with van der Waals surface area (Å²) in [4.78, 5) is 25.4. The van der Waals surface area contributed by atoms with Gasteiger partial charge in [0.2, 0.25) is 5.91 Å². The van der Waals surface area contributed by atoms with Crippen LogP contribution in [0.15, 0.2) is 36.4 Å². The van der Waals surface area contributed by atoms with Gasteiger partial charge in [-0.25, -0.2) is 0 Å². The summed E-state index contributed by atoms with van der Waals surface area (Å²) in [5, 5.41) is 14.4. The predicted molar refractivity (Wildman–Crippen MR) is 109 cm³/mol. The van der Waals surface area contributed by atoms with E-state index in [0.29, 0.717) is 17.1 Å². The van der Waals surface area contributed by atoms with E-state index in [9.17, 15) is 9.59 Å². The minimum Gasteiger partial charge on any atom is -0.326 e. The first kappa shape index (κ1) is 19.3. The van der Waals surface area contributed by atoms with Gasteiger partial charge in [-0.05, 0) is 63.1 Å². The van der Waals surface area contributed by atoms with E-state index < -0.39 is 0 Å². The van der Waals surface area contributed by atoms with Crippen LogP contribution in [0.25, 0.3) is 5.69 Å². The number of aryl methyl sites for hydroxylation is 4. The topological polar surface area (TPSA) is 88.9 Å². The number of hydrogen-bond acceptors (Lipinski definition) is 4. The van der Waals surface area contributed by atoms with E-state index in [1.807, 2.05) is 39.0 Å². The van der Waals surface area contributed by atoms with Gasteiger partial charge in [-0.3, -0.25) is 9.59 Å². The largest absolute Gasteiger partial charge is 0.326 e. The Balaban J connectivity index is 1.83. The summed E-state index contributed by atoms with van der Waals surface area (Å²) in [6, 6.07) is 11.3. The number of aromatic nitrogens is 3. The maximum atomic E-state index is 12.7. The first-order chi connectivity index (χ1) is 13.2. The molecule has 1 aromatic heterocycles. The van der Waals surface area contributed by atoms with Gasteiger partial charge in [0.05, 0.1) is 11.4 Å². The molecule has 0 unspecified atom stereocenters. The molecule has 0 bridgehead atoms. The molecule has 0 aliphatic carbocycles. The molecule has 3 aromatic rings. The van der Waals surface area contributed by atoms with Crippen molar-refractivity contribution < 1.29 is 9.59 Å². The smallest absolute Gasteiger partial charge is 0.278 e. The molecule has 0 fully saturated rings. The van der Waals surface area contributed by atoms with Gasteiger partial charge in [-0.1, -0.05) is 17.7 Å². The maximum absolute atomic E-state index is 12.7. The molecule has 2 aromatic carbocycles. The molecule has 0 spiro atoms. The zero-order valence-electron chi connectivity index (χ0n) is 16.6. The summed E-state index contributed by atoms with van der Waals surface area (Å²) in [6.07, 6.45) is 0. The van der Waals surface area contributed by atoms with Crippen LogP contribution in [-0.2, 0) is 4.79 Å². The fraction of sp³-hybridized carbons (Fsp3) is 0.238. The van der Waals surface area contributed by atoms with Gasteiger partial charge < -0.3 is 10.6 Å². The molecule has 0 atom stereocenters. The van der Waals surface area contributed by atoms with E-state index in [1.165, 1.54) is 11.7 Å². The van der Waals surface area contributed by atoms with Crippen molar-refractivity contribution in [3.63, 3.8) is 0 Å². The van der Waals surface area contributed by atoms with Crippen LogP contribution in [0.2, 0.25) is 0 Å². The van der Waals surface area contributed by atoms with E-state index in [2.05, 4.69) is 20.8 Å². The van der Waals surface area contributed by atoms with Crippen LogP contribution in [-0.4, -0.2) is 26.8 Å². The number of rotatable bonds is 4. The van der Waals surface area contributed by atoms with Crippen molar-refractivity contribution in [3.8, 4) is 5.69 Å². The number of hydrogen-bond donors (Lipinski definition) is 2. The zero-order chi connectivity index (χ0) is 20.4.